The normalized spacial score (nSPS) is 23.0. The van der Waals surface area contributed by atoms with Crippen molar-refractivity contribution in [2.24, 2.45) is 4.99 Å². The Labute approximate surface area is 152 Å². The van der Waals surface area contributed by atoms with E-state index in [-0.39, 0.29) is 6.04 Å². The van der Waals surface area contributed by atoms with E-state index in [4.69, 9.17) is 4.74 Å². The van der Waals surface area contributed by atoms with Crippen LogP contribution < -0.4 is 5.32 Å². The van der Waals surface area contributed by atoms with Crippen molar-refractivity contribution in [2.45, 2.75) is 44.9 Å². The maximum absolute atomic E-state index is 9.77. The fraction of sp³-hybridized carbons (Fsp3) is 0.526. The third-order valence-electron chi connectivity index (χ3n) is 4.91. The summed E-state index contributed by atoms with van der Waals surface area (Å²) >= 11 is 1.71. The fourth-order valence-corrected chi connectivity index (χ4v) is 4.63. The molecule has 0 bridgehead atoms. The van der Waals surface area contributed by atoms with E-state index >= 15 is 0 Å². The van der Waals surface area contributed by atoms with Gasteiger partial charge in [0.25, 0.3) is 0 Å². The van der Waals surface area contributed by atoms with Gasteiger partial charge in [0.1, 0.15) is 5.04 Å². The molecule has 3 heterocycles. The Balaban J connectivity index is 1.65. The van der Waals surface area contributed by atoms with Crippen molar-refractivity contribution >= 4 is 33.4 Å². The number of aliphatic hydroxyl groups excluding tert-OH is 1. The van der Waals surface area contributed by atoms with Gasteiger partial charge in [-0.25, -0.2) is 0 Å². The van der Waals surface area contributed by atoms with Crippen LogP contribution in [0.25, 0.3) is 10.9 Å². The molecule has 4 rings (SSSR count). The lowest BCUT2D eigenvalue weighted by molar-refractivity contribution is 0.0905. The van der Waals surface area contributed by atoms with Gasteiger partial charge in [-0.15, -0.1) is 11.8 Å². The highest BCUT2D eigenvalue weighted by atomic mass is 32.2. The highest BCUT2D eigenvalue weighted by Gasteiger charge is 2.24. The zero-order valence-corrected chi connectivity index (χ0v) is 15.5. The van der Waals surface area contributed by atoms with Crippen LogP contribution in [-0.4, -0.2) is 52.3 Å². The number of aliphatic imine (C=N–C) groups is 1. The number of hydrogen-bond acceptors (Lipinski definition) is 5. The number of aromatic nitrogens is 1. The molecule has 2 aromatic rings. The first-order valence-electron chi connectivity index (χ1n) is 8.97. The number of nitrogens with one attached hydrogen (secondary N) is 2. The predicted molar refractivity (Wildman–Crippen MR) is 105 cm³/mol. The molecule has 1 saturated heterocycles. The summed E-state index contributed by atoms with van der Waals surface area (Å²) in [6.07, 6.45) is 1.69. The van der Waals surface area contributed by atoms with E-state index in [0.29, 0.717) is 6.04 Å². The number of anilines is 1. The van der Waals surface area contributed by atoms with E-state index in [1.165, 1.54) is 10.9 Å². The monoisotopic (exact) mass is 359 g/mol. The van der Waals surface area contributed by atoms with E-state index < -0.39 is 6.10 Å². The lowest BCUT2D eigenvalue weighted by Crippen LogP contribution is -2.27. The standard InChI is InChI=1S/C19H25N3O2S/c1-11-7-13-9-16(19-22-17(10-25-19)12(2)23)21-18(13)15(8-11)20-14-3-5-24-6-4-14/h7-9,12,14,17,20-21,23H,3-6,10H2,1-2H3. The second-order valence-electron chi connectivity index (χ2n) is 7.04. The number of benzene rings is 1. The number of H-pyrrole nitrogens is 1. The van der Waals surface area contributed by atoms with E-state index in [1.807, 2.05) is 6.92 Å². The molecule has 5 nitrogen and oxygen atoms in total. The van der Waals surface area contributed by atoms with Crippen LogP contribution in [0.5, 0.6) is 0 Å². The first kappa shape index (κ1) is 16.9. The molecular weight excluding hydrogens is 334 g/mol. The SMILES string of the molecule is Cc1cc(NC2CCOCC2)c2[nH]c(C3=NC(C(C)O)CS3)cc2c1. The van der Waals surface area contributed by atoms with Crippen molar-refractivity contribution in [2.75, 3.05) is 24.3 Å². The van der Waals surface area contributed by atoms with Crippen LogP contribution in [0.15, 0.2) is 23.2 Å². The van der Waals surface area contributed by atoms with Crippen molar-refractivity contribution in [3.63, 3.8) is 0 Å². The second kappa shape index (κ2) is 7.02. The Hall–Kier alpha value is -1.50. The number of nitrogens with zero attached hydrogens (tertiary/aromatic N) is 1. The Morgan fingerprint density at radius 2 is 2.12 bits per heavy atom. The van der Waals surface area contributed by atoms with Crippen LogP contribution in [0, 0.1) is 6.92 Å². The maximum Gasteiger partial charge on any atom is 0.115 e. The number of rotatable bonds is 4. The minimum absolute atomic E-state index is 0.00650. The highest BCUT2D eigenvalue weighted by molar-refractivity contribution is 8.14. The zero-order valence-electron chi connectivity index (χ0n) is 14.7. The second-order valence-corrected chi connectivity index (χ2v) is 8.05. The molecule has 2 unspecified atom stereocenters. The van der Waals surface area contributed by atoms with Crippen LogP contribution in [0.4, 0.5) is 5.69 Å². The van der Waals surface area contributed by atoms with Gasteiger partial charge in [-0.3, -0.25) is 4.99 Å². The van der Waals surface area contributed by atoms with Gasteiger partial charge in [-0.1, -0.05) is 0 Å². The van der Waals surface area contributed by atoms with Crippen molar-refractivity contribution in [1.29, 1.82) is 0 Å². The van der Waals surface area contributed by atoms with Gasteiger partial charge in [0.05, 0.1) is 29.0 Å². The van der Waals surface area contributed by atoms with Crippen molar-refractivity contribution in [3.8, 4) is 0 Å². The fourth-order valence-electron chi connectivity index (χ4n) is 3.47. The van der Waals surface area contributed by atoms with E-state index in [0.717, 1.165) is 53.7 Å². The molecule has 2 atom stereocenters. The van der Waals surface area contributed by atoms with Gasteiger partial charge >= 0.3 is 0 Å². The largest absolute Gasteiger partial charge is 0.391 e. The molecular formula is C19H25N3O2S. The zero-order chi connectivity index (χ0) is 17.4. The Kier molecular flexibility index (Phi) is 4.75. The number of fused-ring (bicyclic) bond motifs is 1. The van der Waals surface area contributed by atoms with E-state index in [9.17, 15) is 5.11 Å². The third kappa shape index (κ3) is 3.57. The summed E-state index contributed by atoms with van der Waals surface area (Å²) in [6, 6.07) is 7.04. The van der Waals surface area contributed by atoms with Crippen molar-refractivity contribution < 1.29 is 9.84 Å². The van der Waals surface area contributed by atoms with Crippen molar-refractivity contribution in [1.82, 2.24) is 4.98 Å². The van der Waals surface area contributed by atoms with Gasteiger partial charge in [0.15, 0.2) is 0 Å². The minimum Gasteiger partial charge on any atom is -0.391 e. The topological polar surface area (TPSA) is 69.6 Å². The number of aromatic amines is 1. The molecule has 0 amide bonds. The molecule has 0 saturated carbocycles. The number of ether oxygens (including phenoxy) is 1. The molecule has 1 aromatic carbocycles. The average molecular weight is 359 g/mol. The van der Waals surface area contributed by atoms with Crippen molar-refractivity contribution in [3.05, 3.63) is 29.5 Å². The van der Waals surface area contributed by atoms with Gasteiger partial charge in [0, 0.05) is 30.4 Å². The highest BCUT2D eigenvalue weighted by Crippen LogP contribution is 2.31. The van der Waals surface area contributed by atoms with Crippen LogP contribution in [0.3, 0.4) is 0 Å². The smallest absolute Gasteiger partial charge is 0.115 e. The lowest BCUT2D eigenvalue weighted by atomic mass is 10.1. The molecule has 0 spiro atoms. The number of aliphatic hydroxyl groups is 1. The molecule has 25 heavy (non-hydrogen) atoms. The molecule has 0 radical (unpaired) electrons. The molecule has 6 heteroatoms. The summed E-state index contributed by atoms with van der Waals surface area (Å²) in [7, 11) is 0. The summed E-state index contributed by atoms with van der Waals surface area (Å²) in [5, 5.41) is 15.7. The Bertz CT molecular complexity index is 793. The molecule has 134 valence electrons. The first-order valence-corrected chi connectivity index (χ1v) is 9.95. The third-order valence-corrected chi connectivity index (χ3v) is 6.02. The summed E-state index contributed by atoms with van der Waals surface area (Å²) in [4.78, 5) is 8.24. The van der Waals surface area contributed by atoms with Crippen LogP contribution >= 0.6 is 11.8 Å². The van der Waals surface area contributed by atoms with E-state index in [2.05, 4.69) is 40.4 Å². The minimum atomic E-state index is -0.401. The summed E-state index contributed by atoms with van der Waals surface area (Å²) < 4.78 is 5.46. The summed E-state index contributed by atoms with van der Waals surface area (Å²) in [5.41, 5.74) is 4.58. The molecule has 2 aliphatic heterocycles. The molecule has 1 aromatic heterocycles. The lowest BCUT2D eigenvalue weighted by Gasteiger charge is -2.24. The number of aryl methyl sites for hydroxylation is 1. The molecule has 3 N–H and O–H groups in total. The van der Waals surface area contributed by atoms with Gasteiger partial charge in [-0.2, -0.15) is 0 Å². The maximum atomic E-state index is 9.77. The average Bonchev–Trinajstić information content (AvgIpc) is 3.22. The Morgan fingerprint density at radius 3 is 2.84 bits per heavy atom. The Morgan fingerprint density at radius 1 is 1.32 bits per heavy atom. The first-order chi connectivity index (χ1) is 12.1. The number of hydrogen-bond donors (Lipinski definition) is 3. The molecule has 0 aliphatic carbocycles. The molecule has 2 aliphatic rings. The van der Waals surface area contributed by atoms with Gasteiger partial charge in [0.2, 0.25) is 0 Å². The predicted octanol–water partition coefficient (Wildman–Crippen LogP) is 3.31. The van der Waals surface area contributed by atoms with Gasteiger partial charge in [-0.05, 0) is 50.5 Å². The van der Waals surface area contributed by atoms with Gasteiger partial charge < -0.3 is 20.1 Å². The van der Waals surface area contributed by atoms with E-state index in [1.54, 1.807) is 11.8 Å². The van der Waals surface area contributed by atoms with Crippen LogP contribution in [0.1, 0.15) is 31.0 Å². The van der Waals surface area contributed by atoms with Crippen LogP contribution in [-0.2, 0) is 4.74 Å². The number of thioether (sulfide) groups is 1. The summed E-state index contributed by atoms with van der Waals surface area (Å²) in [5.74, 6) is 0.842. The summed E-state index contributed by atoms with van der Waals surface area (Å²) in [6.45, 7) is 5.60. The van der Waals surface area contributed by atoms with Crippen LogP contribution in [0.2, 0.25) is 0 Å². The quantitative estimate of drug-likeness (QED) is 0.783. The molecule has 1 fully saturated rings.